The van der Waals surface area contributed by atoms with Gasteiger partial charge in [0.25, 0.3) is 0 Å². The van der Waals surface area contributed by atoms with Crippen LogP contribution < -0.4 is 0 Å². The molecule has 0 spiro atoms. The zero-order chi connectivity index (χ0) is 69.6. The highest BCUT2D eigenvalue weighted by Crippen LogP contribution is 2.45. The van der Waals surface area contributed by atoms with E-state index in [1.807, 2.05) is 0 Å². The summed E-state index contributed by atoms with van der Waals surface area (Å²) in [6.07, 6.45) is 48.6. The van der Waals surface area contributed by atoms with Crippen molar-refractivity contribution < 1.29 is 80.2 Å². The molecule has 3 N–H and O–H groups in total. The van der Waals surface area contributed by atoms with Gasteiger partial charge in [-0.1, -0.05) is 325 Å². The third-order valence-corrected chi connectivity index (χ3v) is 19.6. The van der Waals surface area contributed by atoms with Crippen LogP contribution in [-0.4, -0.2) is 96.7 Å². The lowest BCUT2D eigenvalue weighted by Crippen LogP contribution is -2.30. The Bertz CT molecular complexity index is 1850. The molecule has 0 fully saturated rings. The van der Waals surface area contributed by atoms with Crippen molar-refractivity contribution in [2.24, 2.45) is 23.7 Å². The fourth-order valence-corrected chi connectivity index (χ4v) is 12.9. The fourth-order valence-electron chi connectivity index (χ4n) is 11.3. The maximum atomic E-state index is 13.1. The third kappa shape index (κ3) is 67.3. The summed E-state index contributed by atoms with van der Waals surface area (Å²) >= 11 is 0. The van der Waals surface area contributed by atoms with Gasteiger partial charge in [-0.15, -0.1) is 0 Å². The number of hydrogen-bond donors (Lipinski definition) is 3. The second-order valence-corrected chi connectivity index (χ2v) is 31.6. The van der Waals surface area contributed by atoms with Crippen molar-refractivity contribution in [1.29, 1.82) is 0 Å². The first kappa shape index (κ1) is 92.1. The zero-order valence-electron chi connectivity index (χ0n) is 61.6. The van der Waals surface area contributed by atoms with Crippen molar-refractivity contribution in [3.63, 3.8) is 0 Å². The van der Waals surface area contributed by atoms with Gasteiger partial charge < -0.3 is 33.8 Å². The first-order chi connectivity index (χ1) is 45.1. The van der Waals surface area contributed by atoms with Gasteiger partial charge >= 0.3 is 39.5 Å². The molecule has 17 nitrogen and oxygen atoms in total. The van der Waals surface area contributed by atoms with Crippen LogP contribution in [0.15, 0.2) is 0 Å². The normalized spacial score (nSPS) is 14.4. The number of carbonyl (C=O) groups is 4. The molecule has 0 aliphatic carbocycles. The van der Waals surface area contributed by atoms with Gasteiger partial charge in [0.05, 0.1) is 26.4 Å². The predicted octanol–water partition coefficient (Wildman–Crippen LogP) is 21.7. The minimum atomic E-state index is -4.96. The molecule has 0 aliphatic rings. The summed E-state index contributed by atoms with van der Waals surface area (Å²) in [5.41, 5.74) is 0. The van der Waals surface area contributed by atoms with Gasteiger partial charge in [-0.25, -0.2) is 9.13 Å². The van der Waals surface area contributed by atoms with E-state index >= 15 is 0 Å². The van der Waals surface area contributed by atoms with E-state index in [1.54, 1.807) is 0 Å². The van der Waals surface area contributed by atoms with Gasteiger partial charge in [-0.2, -0.15) is 0 Å². The van der Waals surface area contributed by atoms with Crippen molar-refractivity contribution in [1.82, 2.24) is 0 Å². The van der Waals surface area contributed by atoms with Crippen LogP contribution in [0.25, 0.3) is 0 Å². The summed E-state index contributed by atoms with van der Waals surface area (Å²) in [7, 11) is -9.91. The van der Waals surface area contributed by atoms with Crippen LogP contribution in [0.1, 0.15) is 376 Å². The van der Waals surface area contributed by atoms with E-state index in [9.17, 15) is 43.2 Å². The maximum absolute atomic E-state index is 13.1. The van der Waals surface area contributed by atoms with Crippen LogP contribution in [-0.2, 0) is 65.4 Å². The molecule has 0 saturated heterocycles. The van der Waals surface area contributed by atoms with Gasteiger partial charge in [0.2, 0.25) is 0 Å². The van der Waals surface area contributed by atoms with Crippen molar-refractivity contribution >= 4 is 39.5 Å². The van der Waals surface area contributed by atoms with Gasteiger partial charge in [-0.3, -0.25) is 37.3 Å². The third-order valence-electron chi connectivity index (χ3n) is 17.7. The summed E-state index contributed by atoms with van der Waals surface area (Å²) in [6, 6.07) is 0. The Kier molecular flexibility index (Phi) is 63.1. The van der Waals surface area contributed by atoms with E-state index in [0.717, 1.165) is 114 Å². The number of ether oxygens (including phenoxy) is 4. The number of phosphoric ester groups is 2. The van der Waals surface area contributed by atoms with Crippen LogP contribution in [0.4, 0.5) is 0 Å². The van der Waals surface area contributed by atoms with Crippen molar-refractivity contribution in [2.45, 2.75) is 395 Å². The van der Waals surface area contributed by atoms with E-state index in [1.165, 1.54) is 173 Å². The highest BCUT2D eigenvalue weighted by molar-refractivity contribution is 7.47. The summed E-state index contributed by atoms with van der Waals surface area (Å²) in [4.78, 5) is 72.7. The minimum absolute atomic E-state index is 0.105. The molecule has 0 amide bonds. The summed E-state index contributed by atoms with van der Waals surface area (Å²) in [5, 5.41) is 10.6. The predicted molar refractivity (Wildman–Crippen MR) is 381 cm³/mol. The highest BCUT2D eigenvalue weighted by atomic mass is 31.2. The summed E-state index contributed by atoms with van der Waals surface area (Å²) in [5.74, 6) is 0.920. The highest BCUT2D eigenvalue weighted by Gasteiger charge is 2.30. The number of aliphatic hydroxyl groups excluding tert-OH is 1. The molecule has 0 saturated carbocycles. The van der Waals surface area contributed by atoms with Crippen LogP contribution >= 0.6 is 15.6 Å². The van der Waals surface area contributed by atoms with E-state index in [-0.39, 0.29) is 25.7 Å². The van der Waals surface area contributed by atoms with Crippen molar-refractivity contribution in [3.8, 4) is 0 Å². The van der Waals surface area contributed by atoms with Crippen LogP contribution in [0.5, 0.6) is 0 Å². The fraction of sp³-hybridized carbons (Fsp3) is 0.947. The molecule has 94 heavy (non-hydrogen) atoms. The first-order valence-electron chi connectivity index (χ1n) is 38.7. The van der Waals surface area contributed by atoms with E-state index in [4.69, 9.17) is 37.0 Å². The number of aliphatic hydroxyl groups is 1. The molecule has 6 atom stereocenters. The topological polar surface area (TPSA) is 237 Å². The van der Waals surface area contributed by atoms with Crippen molar-refractivity contribution in [3.05, 3.63) is 0 Å². The Hall–Kier alpha value is -1.94. The molecular formula is C75H146O17P2. The van der Waals surface area contributed by atoms with E-state index < -0.39 is 97.5 Å². The Morgan fingerprint density at radius 1 is 0.298 bits per heavy atom. The Morgan fingerprint density at radius 3 is 0.755 bits per heavy atom. The average Bonchev–Trinajstić information content (AvgIpc) is 1.29. The molecule has 19 heteroatoms. The van der Waals surface area contributed by atoms with Gasteiger partial charge in [0, 0.05) is 25.7 Å². The Morgan fingerprint density at radius 2 is 0.511 bits per heavy atom. The average molecular weight is 1380 g/mol. The smallest absolute Gasteiger partial charge is 0.462 e. The van der Waals surface area contributed by atoms with Crippen molar-refractivity contribution in [2.75, 3.05) is 39.6 Å². The Balaban J connectivity index is 5.23. The van der Waals surface area contributed by atoms with Gasteiger partial charge in [-0.05, 0) is 49.4 Å². The zero-order valence-corrected chi connectivity index (χ0v) is 63.4. The number of unbranched alkanes of at least 4 members (excludes halogenated alkanes) is 37. The molecular weight excluding hydrogens is 1230 g/mol. The number of esters is 4. The second kappa shape index (κ2) is 64.4. The molecule has 4 unspecified atom stereocenters. The second-order valence-electron chi connectivity index (χ2n) is 28.7. The molecule has 0 rings (SSSR count). The molecule has 0 aromatic heterocycles. The maximum Gasteiger partial charge on any atom is 0.472 e. The molecule has 0 aliphatic heterocycles. The van der Waals surface area contributed by atoms with Crippen LogP contribution in [0, 0.1) is 23.7 Å². The lowest BCUT2D eigenvalue weighted by Gasteiger charge is -2.21. The van der Waals surface area contributed by atoms with E-state index in [0.29, 0.717) is 31.6 Å². The molecule has 0 aromatic rings. The molecule has 0 heterocycles. The lowest BCUT2D eigenvalue weighted by molar-refractivity contribution is -0.161. The quantitative estimate of drug-likeness (QED) is 0.0222. The summed E-state index contributed by atoms with van der Waals surface area (Å²) in [6.45, 7) is 14.2. The van der Waals surface area contributed by atoms with Gasteiger partial charge in [0.1, 0.15) is 19.3 Å². The molecule has 0 bridgehead atoms. The minimum Gasteiger partial charge on any atom is -0.462 e. The van der Waals surface area contributed by atoms with Crippen LogP contribution in [0.3, 0.4) is 0 Å². The Labute approximate surface area is 575 Å². The lowest BCUT2D eigenvalue weighted by atomic mass is 9.99. The van der Waals surface area contributed by atoms with Gasteiger partial charge in [0.15, 0.2) is 12.2 Å². The standard InChI is InChI=1S/C75H146O17P2/c1-9-68(8)54-46-38-29-23-18-20-26-32-42-50-58-75(80)91-70(61-85-72(77)55-47-39-30-24-19-17-22-28-36-44-52-66(4)5)63-89-93(81,82)87-59-69(76)60-88-94(83,84)90-64-71(62-86-73(78)56-48-40-34-33-37-45-53-67(6)7)92-74(79)57-49-41-31-25-16-14-12-10-11-13-15-21-27-35-43-51-65(2)3/h65-71,76H,9-64H2,1-8H3,(H,81,82)(H,83,84)/t68?,69?,70-,71-/m1/s1. The number of hydrogen-bond acceptors (Lipinski definition) is 15. The molecule has 558 valence electrons. The van der Waals surface area contributed by atoms with Crippen LogP contribution in [0.2, 0.25) is 0 Å². The van der Waals surface area contributed by atoms with E-state index in [2.05, 4.69) is 55.4 Å². The SMILES string of the molecule is CCC(C)CCCCCCCCCCCCC(=O)O[C@H](COC(=O)CCCCCCCCCCCCC(C)C)COP(=O)(O)OCC(O)COP(=O)(O)OC[C@@H](COC(=O)CCCCCCCCC(C)C)OC(=O)CCCCCCCCCCCCCCCCCC(C)C. The number of rotatable bonds is 72. The monoisotopic (exact) mass is 1380 g/mol. The number of carbonyl (C=O) groups excluding carboxylic acids is 4. The number of phosphoric acid groups is 2. The largest absolute Gasteiger partial charge is 0.472 e. The first-order valence-corrected chi connectivity index (χ1v) is 41.7. The summed E-state index contributed by atoms with van der Waals surface area (Å²) < 4.78 is 68.5. The molecule has 0 aromatic carbocycles. The molecule has 0 radical (unpaired) electrons.